The minimum atomic E-state index is -1.68. The SMILES string of the molecule is CC(=O)OC1CCCOC1(C(=O)O)c1c[nH]c2ccccc12. The van der Waals surface area contributed by atoms with Crippen LogP contribution in [-0.4, -0.2) is 34.7 Å². The minimum Gasteiger partial charge on any atom is -0.479 e. The molecule has 116 valence electrons. The van der Waals surface area contributed by atoms with Gasteiger partial charge in [-0.2, -0.15) is 0 Å². The van der Waals surface area contributed by atoms with E-state index in [-0.39, 0.29) is 0 Å². The number of carbonyl (C=O) groups excluding carboxylic acids is 1. The average molecular weight is 303 g/mol. The third-order valence-electron chi connectivity index (χ3n) is 4.01. The Hall–Kier alpha value is -2.34. The number of para-hydroxylation sites is 1. The maximum absolute atomic E-state index is 12.1. The van der Waals surface area contributed by atoms with Crippen molar-refractivity contribution >= 4 is 22.8 Å². The van der Waals surface area contributed by atoms with Crippen LogP contribution in [0.2, 0.25) is 0 Å². The average Bonchev–Trinajstić information content (AvgIpc) is 2.91. The van der Waals surface area contributed by atoms with Gasteiger partial charge in [0.25, 0.3) is 0 Å². The first kappa shape index (κ1) is 14.6. The molecule has 22 heavy (non-hydrogen) atoms. The highest BCUT2D eigenvalue weighted by atomic mass is 16.6. The number of esters is 1. The van der Waals surface area contributed by atoms with Crippen molar-refractivity contribution in [3.05, 3.63) is 36.0 Å². The topological polar surface area (TPSA) is 88.6 Å². The van der Waals surface area contributed by atoms with Gasteiger partial charge in [0.2, 0.25) is 5.60 Å². The largest absolute Gasteiger partial charge is 0.479 e. The Morgan fingerprint density at radius 1 is 1.41 bits per heavy atom. The fourth-order valence-electron chi connectivity index (χ4n) is 3.08. The van der Waals surface area contributed by atoms with Crippen molar-refractivity contribution in [3.8, 4) is 0 Å². The van der Waals surface area contributed by atoms with E-state index in [1.165, 1.54) is 6.92 Å². The van der Waals surface area contributed by atoms with Crippen LogP contribution >= 0.6 is 0 Å². The van der Waals surface area contributed by atoms with Crippen LogP contribution in [0.3, 0.4) is 0 Å². The monoisotopic (exact) mass is 303 g/mol. The van der Waals surface area contributed by atoms with Crippen molar-refractivity contribution in [2.24, 2.45) is 0 Å². The second-order valence-electron chi connectivity index (χ2n) is 5.38. The summed E-state index contributed by atoms with van der Waals surface area (Å²) >= 11 is 0. The zero-order chi connectivity index (χ0) is 15.7. The maximum Gasteiger partial charge on any atom is 0.344 e. The summed E-state index contributed by atoms with van der Waals surface area (Å²) in [7, 11) is 0. The van der Waals surface area contributed by atoms with E-state index >= 15 is 0 Å². The molecule has 1 aliphatic heterocycles. The van der Waals surface area contributed by atoms with Crippen molar-refractivity contribution in [2.45, 2.75) is 31.5 Å². The third-order valence-corrected chi connectivity index (χ3v) is 4.01. The van der Waals surface area contributed by atoms with Gasteiger partial charge in [-0.15, -0.1) is 0 Å². The van der Waals surface area contributed by atoms with Gasteiger partial charge in [0.05, 0.1) is 0 Å². The molecule has 2 unspecified atom stereocenters. The van der Waals surface area contributed by atoms with Crippen molar-refractivity contribution in [3.63, 3.8) is 0 Å². The van der Waals surface area contributed by atoms with Crippen LogP contribution in [-0.2, 0) is 24.7 Å². The number of hydrogen-bond acceptors (Lipinski definition) is 4. The Morgan fingerprint density at radius 3 is 2.91 bits per heavy atom. The van der Waals surface area contributed by atoms with E-state index in [9.17, 15) is 14.7 Å². The number of aromatic amines is 1. The highest BCUT2D eigenvalue weighted by Crippen LogP contribution is 2.41. The van der Waals surface area contributed by atoms with Gasteiger partial charge in [-0.1, -0.05) is 18.2 Å². The molecule has 2 heterocycles. The van der Waals surface area contributed by atoms with Gasteiger partial charge >= 0.3 is 11.9 Å². The number of ether oxygens (including phenoxy) is 2. The fourth-order valence-corrected chi connectivity index (χ4v) is 3.08. The standard InChI is InChI=1S/C16H17NO5/c1-10(18)22-14-7-4-8-21-16(14,15(19)20)12-9-17-13-6-3-2-5-11(12)13/h2-3,5-6,9,14,17H,4,7-8H2,1H3,(H,19,20). The van der Waals surface area contributed by atoms with Crippen LogP contribution < -0.4 is 0 Å². The number of carboxylic acids is 1. The molecular weight excluding hydrogens is 286 g/mol. The molecule has 0 bridgehead atoms. The quantitative estimate of drug-likeness (QED) is 0.848. The maximum atomic E-state index is 12.1. The summed E-state index contributed by atoms with van der Waals surface area (Å²) in [6, 6.07) is 7.38. The molecule has 2 aromatic rings. The number of aromatic nitrogens is 1. The molecule has 3 rings (SSSR count). The first-order chi connectivity index (χ1) is 10.6. The molecule has 2 atom stereocenters. The summed E-state index contributed by atoms with van der Waals surface area (Å²) in [4.78, 5) is 26.5. The number of fused-ring (bicyclic) bond motifs is 1. The first-order valence-corrected chi connectivity index (χ1v) is 7.17. The molecular formula is C16H17NO5. The van der Waals surface area contributed by atoms with Gasteiger partial charge in [-0.3, -0.25) is 4.79 Å². The van der Waals surface area contributed by atoms with Gasteiger partial charge < -0.3 is 19.6 Å². The molecule has 6 nitrogen and oxygen atoms in total. The minimum absolute atomic E-state index is 0.309. The molecule has 1 aromatic carbocycles. The van der Waals surface area contributed by atoms with Gasteiger partial charge in [0, 0.05) is 36.2 Å². The molecule has 0 amide bonds. The second kappa shape index (κ2) is 5.46. The number of rotatable bonds is 3. The number of carbonyl (C=O) groups is 2. The van der Waals surface area contributed by atoms with E-state index in [0.29, 0.717) is 25.0 Å². The van der Waals surface area contributed by atoms with Gasteiger partial charge in [0.15, 0.2) is 0 Å². The summed E-state index contributed by atoms with van der Waals surface area (Å²) < 4.78 is 11.0. The number of hydrogen-bond donors (Lipinski definition) is 2. The smallest absolute Gasteiger partial charge is 0.344 e. The lowest BCUT2D eigenvalue weighted by Gasteiger charge is -2.39. The van der Waals surface area contributed by atoms with Crippen molar-refractivity contribution in [2.75, 3.05) is 6.61 Å². The van der Waals surface area contributed by atoms with Crippen molar-refractivity contribution in [1.82, 2.24) is 4.98 Å². The summed E-state index contributed by atoms with van der Waals surface area (Å²) in [5.74, 6) is -1.66. The molecule has 0 aliphatic carbocycles. The van der Waals surface area contributed by atoms with Crippen molar-refractivity contribution in [1.29, 1.82) is 0 Å². The van der Waals surface area contributed by atoms with E-state index in [2.05, 4.69) is 4.98 Å². The van der Waals surface area contributed by atoms with Crippen LogP contribution in [0.15, 0.2) is 30.5 Å². The Labute approximate surface area is 127 Å². The highest BCUT2D eigenvalue weighted by Gasteiger charge is 2.54. The predicted molar refractivity (Wildman–Crippen MR) is 78.4 cm³/mol. The Balaban J connectivity index is 2.18. The van der Waals surface area contributed by atoms with E-state index in [4.69, 9.17) is 9.47 Å². The fraction of sp³-hybridized carbons (Fsp3) is 0.375. The Bertz CT molecular complexity index is 722. The van der Waals surface area contributed by atoms with Crippen LogP contribution in [0.25, 0.3) is 10.9 Å². The van der Waals surface area contributed by atoms with E-state index in [0.717, 1.165) is 10.9 Å². The normalized spacial score (nSPS) is 25.0. The number of benzene rings is 1. The summed E-state index contributed by atoms with van der Waals surface area (Å²) in [5, 5.41) is 10.6. The molecule has 0 spiro atoms. The van der Waals surface area contributed by atoms with Gasteiger partial charge in [-0.25, -0.2) is 4.79 Å². The molecule has 1 aromatic heterocycles. The molecule has 2 N–H and O–H groups in total. The first-order valence-electron chi connectivity index (χ1n) is 7.17. The van der Waals surface area contributed by atoms with E-state index < -0.39 is 23.6 Å². The van der Waals surface area contributed by atoms with Crippen LogP contribution in [0.1, 0.15) is 25.3 Å². The van der Waals surface area contributed by atoms with E-state index in [1.54, 1.807) is 6.20 Å². The molecule has 1 aliphatic rings. The number of H-pyrrole nitrogens is 1. The summed E-state index contributed by atoms with van der Waals surface area (Å²) in [6.07, 6.45) is 1.87. The van der Waals surface area contributed by atoms with Crippen LogP contribution in [0.4, 0.5) is 0 Å². The zero-order valence-electron chi connectivity index (χ0n) is 12.2. The summed E-state index contributed by atoms with van der Waals surface area (Å²) in [6.45, 7) is 1.58. The zero-order valence-corrected chi connectivity index (χ0v) is 12.2. The van der Waals surface area contributed by atoms with Gasteiger partial charge in [-0.05, 0) is 18.9 Å². The second-order valence-corrected chi connectivity index (χ2v) is 5.38. The Morgan fingerprint density at radius 2 is 2.18 bits per heavy atom. The van der Waals surface area contributed by atoms with Crippen molar-refractivity contribution < 1.29 is 24.2 Å². The summed E-state index contributed by atoms with van der Waals surface area (Å²) in [5.41, 5.74) is -0.376. The lowest BCUT2D eigenvalue weighted by molar-refractivity contribution is -0.207. The number of aliphatic carboxylic acids is 1. The molecule has 6 heteroatoms. The van der Waals surface area contributed by atoms with Gasteiger partial charge in [0.1, 0.15) is 6.10 Å². The lowest BCUT2D eigenvalue weighted by atomic mass is 9.83. The molecule has 0 radical (unpaired) electrons. The Kier molecular flexibility index (Phi) is 3.62. The number of carboxylic acid groups (broad SMARTS) is 1. The van der Waals surface area contributed by atoms with Crippen LogP contribution in [0, 0.1) is 0 Å². The molecule has 1 fully saturated rings. The highest BCUT2D eigenvalue weighted by molar-refractivity contribution is 5.92. The molecule has 0 saturated carbocycles. The van der Waals surface area contributed by atoms with E-state index in [1.807, 2.05) is 24.3 Å². The number of nitrogens with one attached hydrogen (secondary N) is 1. The third kappa shape index (κ3) is 2.16. The molecule has 1 saturated heterocycles. The predicted octanol–water partition coefficient (Wildman–Crippen LogP) is 2.19. The van der Waals surface area contributed by atoms with Crippen LogP contribution in [0.5, 0.6) is 0 Å². The lowest BCUT2D eigenvalue weighted by Crippen LogP contribution is -2.53.